The number of rotatable bonds is 6. The number of methoxy groups -OCH3 is 1. The van der Waals surface area contributed by atoms with Crippen LogP contribution in [0.15, 0.2) is 6.20 Å². The first-order valence-corrected chi connectivity index (χ1v) is 5.89. The van der Waals surface area contributed by atoms with Gasteiger partial charge in [-0.1, -0.05) is 6.92 Å². The Balaban J connectivity index is 2.82. The predicted molar refractivity (Wildman–Crippen MR) is 66.9 cm³/mol. The molecular formula is C12H23N3O. The summed E-state index contributed by atoms with van der Waals surface area (Å²) in [6.45, 7) is 9.17. The van der Waals surface area contributed by atoms with E-state index in [1.807, 2.05) is 6.92 Å². The van der Waals surface area contributed by atoms with Gasteiger partial charge in [0.2, 0.25) is 5.95 Å². The highest BCUT2D eigenvalue weighted by Gasteiger charge is 2.12. The van der Waals surface area contributed by atoms with Crippen molar-refractivity contribution in [2.75, 3.05) is 19.0 Å². The number of anilines is 1. The number of hydrogen-bond donors (Lipinski definition) is 1. The van der Waals surface area contributed by atoms with Crippen molar-refractivity contribution >= 4 is 5.95 Å². The molecule has 0 amide bonds. The molecule has 0 fully saturated rings. The van der Waals surface area contributed by atoms with Crippen LogP contribution in [-0.2, 0) is 4.74 Å². The fraction of sp³-hybridized carbons (Fsp3) is 0.750. The first-order chi connectivity index (χ1) is 7.58. The smallest absolute Gasteiger partial charge is 0.203 e. The van der Waals surface area contributed by atoms with Crippen molar-refractivity contribution in [3.8, 4) is 0 Å². The normalized spacial score (nSPS) is 14.8. The zero-order valence-corrected chi connectivity index (χ0v) is 10.9. The molecule has 0 bridgehead atoms. The molecule has 0 aliphatic carbocycles. The molecule has 1 aromatic rings. The van der Waals surface area contributed by atoms with Crippen LogP contribution in [0.25, 0.3) is 0 Å². The standard InChI is InChI=1S/C12H23N3O/c1-6-9(2)13-12-14-10(3)7-15(12)11(4)8-16-5/h7,9,11H,6,8H2,1-5H3,(H,13,14). The Morgan fingerprint density at radius 3 is 2.75 bits per heavy atom. The second kappa shape index (κ2) is 5.89. The molecule has 0 saturated heterocycles. The van der Waals surface area contributed by atoms with Gasteiger partial charge in [-0.2, -0.15) is 0 Å². The third-order valence-corrected chi connectivity index (χ3v) is 2.72. The Labute approximate surface area is 98.0 Å². The zero-order valence-electron chi connectivity index (χ0n) is 10.9. The van der Waals surface area contributed by atoms with Crippen molar-refractivity contribution in [3.63, 3.8) is 0 Å². The van der Waals surface area contributed by atoms with Gasteiger partial charge in [-0.25, -0.2) is 4.98 Å². The third-order valence-electron chi connectivity index (χ3n) is 2.72. The minimum atomic E-state index is 0.303. The largest absolute Gasteiger partial charge is 0.383 e. The molecular weight excluding hydrogens is 202 g/mol. The number of aryl methyl sites for hydroxylation is 1. The van der Waals surface area contributed by atoms with Crippen molar-refractivity contribution < 1.29 is 4.74 Å². The molecule has 1 rings (SSSR count). The van der Waals surface area contributed by atoms with E-state index in [9.17, 15) is 0 Å². The Bertz CT molecular complexity index is 322. The molecule has 0 spiro atoms. The van der Waals surface area contributed by atoms with Gasteiger partial charge in [0.15, 0.2) is 0 Å². The number of nitrogens with zero attached hydrogens (tertiary/aromatic N) is 2. The van der Waals surface area contributed by atoms with E-state index >= 15 is 0 Å². The first-order valence-electron chi connectivity index (χ1n) is 5.89. The lowest BCUT2D eigenvalue weighted by atomic mass is 10.3. The van der Waals surface area contributed by atoms with E-state index in [4.69, 9.17) is 4.74 Å². The van der Waals surface area contributed by atoms with Gasteiger partial charge in [0, 0.05) is 19.3 Å². The molecule has 2 atom stereocenters. The Kier molecular flexibility index (Phi) is 4.80. The SMILES string of the molecule is CCC(C)Nc1nc(C)cn1C(C)COC. The lowest BCUT2D eigenvalue weighted by Crippen LogP contribution is -2.20. The van der Waals surface area contributed by atoms with E-state index < -0.39 is 0 Å². The Hall–Kier alpha value is -1.03. The first kappa shape index (κ1) is 13.0. The summed E-state index contributed by atoms with van der Waals surface area (Å²) in [5.74, 6) is 0.941. The molecule has 0 saturated carbocycles. The van der Waals surface area contributed by atoms with Crippen LogP contribution in [-0.4, -0.2) is 29.3 Å². The molecule has 0 aliphatic rings. The lowest BCUT2D eigenvalue weighted by molar-refractivity contribution is 0.163. The van der Waals surface area contributed by atoms with Crippen molar-refractivity contribution in [1.29, 1.82) is 0 Å². The third kappa shape index (κ3) is 3.23. The summed E-state index contributed by atoms with van der Waals surface area (Å²) in [6, 6.07) is 0.744. The molecule has 1 N–H and O–H groups in total. The highest BCUT2D eigenvalue weighted by Crippen LogP contribution is 2.17. The fourth-order valence-electron chi connectivity index (χ4n) is 1.60. The highest BCUT2D eigenvalue weighted by atomic mass is 16.5. The maximum Gasteiger partial charge on any atom is 0.203 e. The van der Waals surface area contributed by atoms with E-state index in [1.54, 1.807) is 7.11 Å². The minimum absolute atomic E-state index is 0.303. The van der Waals surface area contributed by atoms with Crippen molar-refractivity contribution in [1.82, 2.24) is 9.55 Å². The average molecular weight is 225 g/mol. The van der Waals surface area contributed by atoms with Crippen molar-refractivity contribution in [2.45, 2.75) is 46.2 Å². The number of nitrogens with one attached hydrogen (secondary N) is 1. The summed E-state index contributed by atoms with van der Waals surface area (Å²) < 4.78 is 7.32. The quantitative estimate of drug-likeness (QED) is 0.809. The molecule has 2 unspecified atom stereocenters. The molecule has 4 nitrogen and oxygen atoms in total. The fourth-order valence-corrected chi connectivity index (χ4v) is 1.60. The van der Waals surface area contributed by atoms with Crippen molar-refractivity contribution in [2.24, 2.45) is 0 Å². The van der Waals surface area contributed by atoms with Crippen LogP contribution < -0.4 is 5.32 Å². The molecule has 0 radical (unpaired) electrons. The summed E-state index contributed by atoms with van der Waals surface area (Å²) in [5.41, 5.74) is 1.04. The van der Waals surface area contributed by atoms with Crippen LogP contribution in [0.3, 0.4) is 0 Å². The van der Waals surface area contributed by atoms with Crippen LogP contribution in [0.5, 0.6) is 0 Å². The van der Waals surface area contributed by atoms with Crippen LogP contribution in [0.4, 0.5) is 5.95 Å². The summed E-state index contributed by atoms with van der Waals surface area (Å²) in [6.07, 6.45) is 3.15. The Morgan fingerprint density at radius 2 is 2.19 bits per heavy atom. The summed E-state index contributed by atoms with van der Waals surface area (Å²) in [4.78, 5) is 4.50. The van der Waals surface area contributed by atoms with Crippen LogP contribution in [0.2, 0.25) is 0 Å². The number of imidazole rings is 1. The summed E-state index contributed by atoms with van der Waals surface area (Å²) in [5, 5.41) is 3.42. The van der Waals surface area contributed by atoms with Gasteiger partial charge >= 0.3 is 0 Å². The zero-order chi connectivity index (χ0) is 12.1. The van der Waals surface area contributed by atoms with E-state index in [-0.39, 0.29) is 0 Å². The number of hydrogen-bond acceptors (Lipinski definition) is 3. The summed E-state index contributed by atoms with van der Waals surface area (Å²) >= 11 is 0. The molecule has 92 valence electrons. The van der Waals surface area contributed by atoms with E-state index in [2.05, 4.69) is 41.8 Å². The predicted octanol–water partition coefficient (Wildman–Crippen LogP) is 2.61. The maximum atomic E-state index is 5.18. The average Bonchev–Trinajstić information content (AvgIpc) is 2.59. The van der Waals surface area contributed by atoms with Gasteiger partial charge in [-0.05, 0) is 27.2 Å². The van der Waals surface area contributed by atoms with Gasteiger partial charge in [0.25, 0.3) is 0 Å². The second-order valence-corrected chi connectivity index (χ2v) is 4.37. The van der Waals surface area contributed by atoms with Crippen LogP contribution in [0, 0.1) is 6.92 Å². The molecule has 0 aliphatic heterocycles. The Morgan fingerprint density at radius 1 is 1.50 bits per heavy atom. The van der Waals surface area contributed by atoms with Gasteiger partial charge in [0.05, 0.1) is 18.3 Å². The van der Waals surface area contributed by atoms with Gasteiger partial charge in [-0.15, -0.1) is 0 Å². The van der Waals surface area contributed by atoms with Gasteiger partial charge in [0.1, 0.15) is 0 Å². The van der Waals surface area contributed by atoms with Crippen LogP contribution in [0.1, 0.15) is 38.9 Å². The highest BCUT2D eigenvalue weighted by molar-refractivity contribution is 5.30. The molecule has 1 aromatic heterocycles. The monoisotopic (exact) mass is 225 g/mol. The van der Waals surface area contributed by atoms with E-state index in [1.165, 1.54) is 0 Å². The molecule has 4 heteroatoms. The van der Waals surface area contributed by atoms with Crippen LogP contribution >= 0.6 is 0 Å². The molecule has 1 heterocycles. The van der Waals surface area contributed by atoms with E-state index in [0.29, 0.717) is 18.7 Å². The molecule has 0 aromatic carbocycles. The van der Waals surface area contributed by atoms with Gasteiger partial charge in [-0.3, -0.25) is 0 Å². The summed E-state index contributed by atoms with van der Waals surface area (Å²) in [7, 11) is 1.72. The van der Waals surface area contributed by atoms with Gasteiger partial charge < -0.3 is 14.6 Å². The minimum Gasteiger partial charge on any atom is -0.383 e. The number of ether oxygens (including phenoxy) is 1. The maximum absolute atomic E-state index is 5.18. The number of aromatic nitrogens is 2. The topological polar surface area (TPSA) is 39.1 Å². The van der Waals surface area contributed by atoms with Crippen molar-refractivity contribution in [3.05, 3.63) is 11.9 Å². The second-order valence-electron chi connectivity index (χ2n) is 4.37. The lowest BCUT2D eigenvalue weighted by Gasteiger charge is -2.18. The molecule has 16 heavy (non-hydrogen) atoms. The van der Waals surface area contributed by atoms with E-state index in [0.717, 1.165) is 18.1 Å².